The highest BCUT2D eigenvalue weighted by molar-refractivity contribution is 5.94. The van der Waals surface area contributed by atoms with Crippen LogP contribution in [0.25, 0.3) is 0 Å². The molecule has 4 heteroatoms. The molecule has 110 valence electrons. The number of nitrogens with one attached hydrogen (secondary N) is 2. The Morgan fingerprint density at radius 2 is 2.10 bits per heavy atom. The van der Waals surface area contributed by atoms with Gasteiger partial charge in [-0.1, -0.05) is 6.07 Å². The molecule has 0 fully saturated rings. The summed E-state index contributed by atoms with van der Waals surface area (Å²) >= 11 is 0. The van der Waals surface area contributed by atoms with E-state index in [2.05, 4.69) is 31.4 Å². The molecule has 0 saturated heterocycles. The molecule has 0 aliphatic carbocycles. The lowest BCUT2D eigenvalue weighted by atomic mass is 10.0. The van der Waals surface area contributed by atoms with Gasteiger partial charge in [-0.2, -0.15) is 0 Å². The van der Waals surface area contributed by atoms with E-state index in [0.29, 0.717) is 13.0 Å². The predicted molar refractivity (Wildman–Crippen MR) is 81.3 cm³/mol. The Bertz CT molecular complexity index is 478. The first kappa shape index (κ1) is 14.9. The van der Waals surface area contributed by atoms with Gasteiger partial charge in [-0.05, 0) is 51.8 Å². The summed E-state index contributed by atoms with van der Waals surface area (Å²) in [5.74, 6) is 0.908. The molecule has 1 aliphatic heterocycles. The number of carbonyl (C=O) groups excluding carboxylic acids is 1. The van der Waals surface area contributed by atoms with Crippen LogP contribution in [0.2, 0.25) is 0 Å². The van der Waals surface area contributed by atoms with Gasteiger partial charge in [-0.3, -0.25) is 4.79 Å². The summed E-state index contributed by atoms with van der Waals surface area (Å²) in [7, 11) is 0. The van der Waals surface area contributed by atoms with Crippen molar-refractivity contribution in [1.29, 1.82) is 0 Å². The topological polar surface area (TPSA) is 50.4 Å². The van der Waals surface area contributed by atoms with Crippen LogP contribution in [0.5, 0.6) is 5.75 Å². The van der Waals surface area contributed by atoms with Crippen LogP contribution in [-0.4, -0.2) is 24.6 Å². The number of ether oxygens (including phenoxy) is 1. The molecule has 1 amide bonds. The lowest BCUT2D eigenvalue weighted by Gasteiger charge is -2.20. The number of fused-ring (bicyclic) bond motifs is 1. The zero-order chi connectivity index (χ0) is 14.6. The Balaban J connectivity index is 1.79. The first-order valence-corrected chi connectivity index (χ1v) is 7.25. The Kier molecular flexibility index (Phi) is 4.65. The van der Waals surface area contributed by atoms with Gasteiger partial charge in [0.2, 0.25) is 5.91 Å². The molecule has 0 spiro atoms. The summed E-state index contributed by atoms with van der Waals surface area (Å²) in [6, 6.07) is 5.94. The van der Waals surface area contributed by atoms with E-state index in [1.54, 1.807) is 0 Å². The second kappa shape index (κ2) is 6.27. The molecular formula is C16H24N2O2. The van der Waals surface area contributed by atoms with Crippen molar-refractivity contribution in [2.75, 3.05) is 18.5 Å². The van der Waals surface area contributed by atoms with Crippen molar-refractivity contribution in [2.24, 2.45) is 0 Å². The van der Waals surface area contributed by atoms with E-state index in [-0.39, 0.29) is 11.4 Å². The van der Waals surface area contributed by atoms with Crippen molar-refractivity contribution < 1.29 is 9.53 Å². The van der Waals surface area contributed by atoms with Crippen molar-refractivity contribution in [2.45, 2.75) is 45.6 Å². The second-order valence-corrected chi connectivity index (χ2v) is 6.25. The van der Waals surface area contributed by atoms with E-state index in [0.717, 1.165) is 30.8 Å². The van der Waals surface area contributed by atoms with Gasteiger partial charge in [-0.15, -0.1) is 0 Å². The van der Waals surface area contributed by atoms with E-state index >= 15 is 0 Å². The van der Waals surface area contributed by atoms with Crippen LogP contribution in [0.4, 0.5) is 5.69 Å². The number of carbonyl (C=O) groups is 1. The summed E-state index contributed by atoms with van der Waals surface area (Å²) in [5.41, 5.74) is 2.23. The van der Waals surface area contributed by atoms with Gasteiger partial charge in [0, 0.05) is 23.7 Å². The van der Waals surface area contributed by atoms with Crippen LogP contribution in [-0.2, 0) is 11.2 Å². The summed E-state index contributed by atoms with van der Waals surface area (Å²) in [6.07, 6.45) is 2.35. The third-order valence-corrected chi connectivity index (χ3v) is 3.22. The van der Waals surface area contributed by atoms with E-state index < -0.39 is 0 Å². The maximum Gasteiger partial charge on any atom is 0.224 e. The molecule has 1 aromatic carbocycles. The average molecular weight is 276 g/mol. The number of anilines is 1. The molecule has 1 aromatic rings. The number of aryl methyl sites for hydroxylation is 1. The minimum absolute atomic E-state index is 0.0871. The third kappa shape index (κ3) is 4.53. The van der Waals surface area contributed by atoms with Crippen LogP contribution in [0.3, 0.4) is 0 Å². The molecule has 1 aliphatic rings. The summed E-state index contributed by atoms with van der Waals surface area (Å²) < 4.78 is 5.73. The summed E-state index contributed by atoms with van der Waals surface area (Å²) in [4.78, 5) is 11.4. The molecule has 0 bridgehead atoms. The van der Waals surface area contributed by atoms with Gasteiger partial charge in [0.05, 0.1) is 6.61 Å². The zero-order valence-corrected chi connectivity index (χ0v) is 12.6. The summed E-state index contributed by atoms with van der Waals surface area (Å²) in [5, 5.41) is 6.32. The molecule has 20 heavy (non-hydrogen) atoms. The third-order valence-electron chi connectivity index (χ3n) is 3.22. The maximum absolute atomic E-state index is 11.4. The van der Waals surface area contributed by atoms with E-state index in [4.69, 9.17) is 4.74 Å². The molecule has 1 heterocycles. The Morgan fingerprint density at radius 1 is 1.30 bits per heavy atom. The first-order valence-electron chi connectivity index (χ1n) is 7.25. The van der Waals surface area contributed by atoms with Crippen molar-refractivity contribution in [3.8, 4) is 5.75 Å². The Labute approximate surface area is 120 Å². The average Bonchev–Trinajstić information content (AvgIpc) is 2.36. The fraction of sp³-hybridized carbons (Fsp3) is 0.562. The number of hydrogen-bond acceptors (Lipinski definition) is 3. The maximum atomic E-state index is 11.4. The zero-order valence-electron chi connectivity index (χ0n) is 12.6. The molecular weight excluding hydrogens is 252 g/mol. The minimum atomic E-state index is 0.0871. The second-order valence-electron chi connectivity index (χ2n) is 6.25. The van der Waals surface area contributed by atoms with Crippen molar-refractivity contribution >= 4 is 11.6 Å². The van der Waals surface area contributed by atoms with E-state index in [9.17, 15) is 4.79 Å². The standard InChI is InChI=1S/C16H24N2O2/c1-16(2,3)17-9-4-10-20-13-7-5-12-6-8-15(19)18-14(12)11-13/h5,7,11,17H,4,6,8-10H2,1-3H3,(H,18,19). The van der Waals surface area contributed by atoms with Gasteiger partial charge in [0.1, 0.15) is 5.75 Å². The van der Waals surface area contributed by atoms with Crippen molar-refractivity contribution in [3.05, 3.63) is 23.8 Å². The molecule has 0 radical (unpaired) electrons. The predicted octanol–water partition coefficient (Wildman–Crippen LogP) is 2.73. The lowest BCUT2D eigenvalue weighted by molar-refractivity contribution is -0.116. The molecule has 0 aromatic heterocycles. The highest BCUT2D eigenvalue weighted by Gasteiger charge is 2.15. The summed E-state index contributed by atoms with van der Waals surface area (Å²) in [6.45, 7) is 8.07. The Hall–Kier alpha value is -1.55. The van der Waals surface area contributed by atoms with Crippen molar-refractivity contribution in [1.82, 2.24) is 5.32 Å². The van der Waals surface area contributed by atoms with E-state index in [1.807, 2.05) is 18.2 Å². The molecule has 0 atom stereocenters. The largest absolute Gasteiger partial charge is 0.493 e. The van der Waals surface area contributed by atoms with Gasteiger partial charge in [0.15, 0.2) is 0 Å². The van der Waals surface area contributed by atoms with Crippen LogP contribution in [0.15, 0.2) is 18.2 Å². The molecule has 0 unspecified atom stereocenters. The lowest BCUT2D eigenvalue weighted by Crippen LogP contribution is -2.36. The first-order chi connectivity index (χ1) is 9.44. The van der Waals surface area contributed by atoms with Gasteiger partial charge < -0.3 is 15.4 Å². The number of hydrogen-bond donors (Lipinski definition) is 2. The molecule has 2 rings (SSSR count). The SMILES string of the molecule is CC(C)(C)NCCCOc1ccc2c(c1)NC(=O)CC2. The van der Waals surface area contributed by atoms with Crippen LogP contribution >= 0.6 is 0 Å². The number of amides is 1. The normalized spacial score (nSPS) is 14.7. The minimum Gasteiger partial charge on any atom is -0.493 e. The Morgan fingerprint density at radius 3 is 2.85 bits per heavy atom. The molecule has 4 nitrogen and oxygen atoms in total. The quantitative estimate of drug-likeness (QED) is 0.813. The highest BCUT2D eigenvalue weighted by atomic mass is 16.5. The van der Waals surface area contributed by atoms with Gasteiger partial charge >= 0.3 is 0 Å². The van der Waals surface area contributed by atoms with E-state index in [1.165, 1.54) is 5.56 Å². The molecule has 2 N–H and O–H groups in total. The fourth-order valence-electron chi connectivity index (χ4n) is 2.17. The monoisotopic (exact) mass is 276 g/mol. The van der Waals surface area contributed by atoms with Crippen LogP contribution < -0.4 is 15.4 Å². The van der Waals surface area contributed by atoms with Crippen molar-refractivity contribution in [3.63, 3.8) is 0 Å². The smallest absolute Gasteiger partial charge is 0.224 e. The van der Waals surface area contributed by atoms with Crippen LogP contribution in [0.1, 0.15) is 39.2 Å². The highest BCUT2D eigenvalue weighted by Crippen LogP contribution is 2.27. The van der Waals surface area contributed by atoms with Crippen LogP contribution in [0, 0.1) is 0 Å². The molecule has 0 saturated carbocycles. The van der Waals surface area contributed by atoms with Gasteiger partial charge in [-0.25, -0.2) is 0 Å². The van der Waals surface area contributed by atoms with Gasteiger partial charge in [0.25, 0.3) is 0 Å². The fourth-order valence-corrected chi connectivity index (χ4v) is 2.17. The number of rotatable bonds is 5. The number of benzene rings is 1.